The zero-order valence-electron chi connectivity index (χ0n) is 11.2. The molecule has 0 aliphatic carbocycles. The van der Waals surface area contributed by atoms with E-state index in [0.717, 1.165) is 26.7 Å². The highest BCUT2D eigenvalue weighted by Gasteiger charge is 2.05. The molecule has 7 heteroatoms. The van der Waals surface area contributed by atoms with Gasteiger partial charge in [0.1, 0.15) is 10.0 Å². The number of nitrogens with one attached hydrogen (secondary N) is 1. The molecule has 2 heterocycles. The summed E-state index contributed by atoms with van der Waals surface area (Å²) in [6, 6.07) is 7.89. The number of fused-ring (bicyclic) bond motifs is 1. The number of rotatable bonds is 4. The van der Waals surface area contributed by atoms with Crippen LogP contribution in [0.25, 0.3) is 16.3 Å². The quantitative estimate of drug-likeness (QED) is 0.749. The van der Waals surface area contributed by atoms with Crippen LogP contribution in [-0.4, -0.2) is 21.1 Å². The molecule has 0 radical (unpaired) electrons. The van der Waals surface area contributed by atoms with Gasteiger partial charge in [0.25, 0.3) is 0 Å². The molecule has 1 amide bonds. The molecular formula is C14H12N4OS2. The smallest absolute Gasteiger partial charge is 0.250 e. The SMILES string of the molecule is CCc1nnc(NC(=O)C=Cc2nc3ccccc3s2)s1. The van der Waals surface area contributed by atoms with E-state index in [1.165, 1.54) is 17.4 Å². The fourth-order valence-corrected chi connectivity index (χ4v) is 3.26. The topological polar surface area (TPSA) is 67.8 Å². The lowest BCUT2D eigenvalue weighted by Gasteiger charge is -1.93. The van der Waals surface area contributed by atoms with Crippen molar-refractivity contribution < 1.29 is 4.79 Å². The average molecular weight is 316 g/mol. The summed E-state index contributed by atoms with van der Waals surface area (Å²) in [6.45, 7) is 2.00. The Morgan fingerprint density at radius 1 is 1.29 bits per heavy atom. The van der Waals surface area contributed by atoms with Crippen LogP contribution < -0.4 is 5.32 Å². The predicted octanol–water partition coefficient (Wildman–Crippen LogP) is 3.36. The van der Waals surface area contributed by atoms with Crippen LogP contribution in [0.3, 0.4) is 0 Å². The molecule has 3 aromatic rings. The van der Waals surface area contributed by atoms with Crippen molar-refractivity contribution in [3.63, 3.8) is 0 Å². The number of benzene rings is 1. The first kappa shape index (κ1) is 13.8. The van der Waals surface area contributed by atoms with Gasteiger partial charge in [0, 0.05) is 6.08 Å². The summed E-state index contributed by atoms with van der Waals surface area (Å²) >= 11 is 2.94. The Bertz CT molecular complexity index is 773. The van der Waals surface area contributed by atoms with Gasteiger partial charge in [0.05, 0.1) is 10.2 Å². The summed E-state index contributed by atoms with van der Waals surface area (Å²) in [5, 5.41) is 12.8. The molecule has 2 aromatic heterocycles. The standard InChI is InChI=1S/C14H12N4OS2/c1-2-12-17-18-14(21-12)16-11(19)7-8-13-15-9-5-3-4-6-10(9)20-13/h3-8H,2H2,1H3,(H,16,18,19). The monoisotopic (exact) mass is 316 g/mol. The lowest BCUT2D eigenvalue weighted by Crippen LogP contribution is -2.07. The molecule has 0 atom stereocenters. The fourth-order valence-electron chi connectivity index (χ4n) is 1.70. The third-order valence-electron chi connectivity index (χ3n) is 2.69. The van der Waals surface area contributed by atoms with E-state index >= 15 is 0 Å². The van der Waals surface area contributed by atoms with E-state index in [1.54, 1.807) is 17.4 Å². The molecule has 106 valence electrons. The summed E-state index contributed by atoms with van der Waals surface area (Å²) in [4.78, 5) is 16.3. The number of nitrogens with zero attached hydrogens (tertiary/aromatic N) is 3. The lowest BCUT2D eigenvalue weighted by atomic mass is 10.3. The van der Waals surface area contributed by atoms with Crippen LogP contribution in [0.15, 0.2) is 30.3 Å². The molecular weight excluding hydrogens is 304 g/mol. The van der Waals surface area contributed by atoms with Crippen LogP contribution >= 0.6 is 22.7 Å². The summed E-state index contributed by atoms with van der Waals surface area (Å²) in [5.74, 6) is -0.229. The maximum Gasteiger partial charge on any atom is 0.250 e. The Labute approximate surface area is 129 Å². The molecule has 21 heavy (non-hydrogen) atoms. The number of amides is 1. The van der Waals surface area contributed by atoms with Gasteiger partial charge in [-0.2, -0.15) is 0 Å². The number of para-hydroxylation sites is 1. The minimum atomic E-state index is -0.229. The number of carbonyl (C=O) groups is 1. The highest BCUT2D eigenvalue weighted by atomic mass is 32.1. The van der Waals surface area contributed by atoms with Crippen molar-refractivity contribution >= 4 is 50.0 Å². The zero-order valence-corrected chi connectivity index (χ0v) is 12.9. The second-order valence-electron chi connectivity index (χ2n) is 4.20. The number of carbonyl (C=O) groups excluding carboxylic acids is 1. The first-order chi connectivity index (χ1) is 10.2. The number of hydrogen-bond acceptors (Lipinski definition) is 6. The van der Waals surface area contributed by atoms with Gasteiger partial charge in [0.15, 0.2) is 0 Å². The van der Waals surface area contributed by atoms with Gasteiger partial charge in [0.2, 0.25) is 11.0 Å². The van der Waals surface area contributed by atoms with E-state index in [1.807, 2.05) is 31.2 Å². The number of aromatic nitrogens is 3. The fraction of sp³-hybridized carbons (Fsp3) is 0.143. The molecule has 3 rings (SSSR count). The van der Waals surface area contributed by atoms with Crippen molar-refractivity contribution in [2.24, 2.45) is 0 Å². The summed E-state index contributed by atoms with van der Waals surface area (Å²) in [6.07, 6.45) is 3.99. The van der Waals surface area contributed by atoms with Crippen molar-refractivity contribution in [1.29, 1.82) is 0 Å². The van der Waals surface area contributed by atoms with E-state index in [0.29, 0.717) is 5.13 Å². The van der Waals surface area contributed by atoms with Crippen molar-refractivity contribution in [2.75, 3.05) is 5.32 Å². The molecule has 1 aromatic carbocycles. The van der Waals surface area contributed by atoms with E-state index < -0.39 is 0 Å². The second kappa shape index (κ2) is 6.11. The van der Waals surface area contributed by atoms with E-state index in [4.69, 9.17) is 0 Å². The third-order valence-corrected chi connectivity index (χ3v) is 4.67. The van der Waals surface area contributed by atoms with Crippen LogP contribution in [0.2, 0.25) is 0 Å². The van der Waals surface area contributed by atoms with Crippen LogP contribution in [0.1, 0.15) is 16.9 Å². The molecule has 0 aliphatic rings. The Kier molecular flexibility index (Phi) is 4.03. The van der Waals surface area contributed by atoms with E-state index in [-0.39, 0.29) is 5.91 Å². The molecule has 0 saturated heterocycles. The van der Waals surface area contributed by atoms with E-state index in [9.17, 15) is 4.79 Å². The van der Waals surface area contributed by atoms with Gasteiger partial charge < -0.3 is 0 Å². The molecule has 0 unspecified atom stereocenters. The molecule has 0 spiro atoms. The lowest BCUT2D eigenvalue weighted by molar-refractivity contribution is -0.111. The van der Waals surface area contributed by atoms with Crippen LogP contribution in [-0.2, 0) is 11.2 Å². The Hall–Kier alpha value is -2.12. The molecule has 0 aliphatic heterocycles. The van der Waals surface area contributed by atoms with Gasteiger partial charge in [-0.25, -0.2) is 4.98 Å². The predicted molar refractivity (Wildman–Crippen MR) is 86.6 cm³/mol. The van der Waals surface area contributed by atoms with Crippen molar-refractivity contribution in [3.8, 4) is 0 Å². The largest absolute Gasteiger partial charge is 0.297 e. The summed E-state index contributed by atoms with van der Waals surface area (Å²) < 4.78 is 1.11. The second-order valence-corrected chi connectivity index (χ2v) is 6.32. The highest BCUT2D eigenvalue weighted by Crippen LogP contribution is 2.22. The Morgan fingerprint density at radius 3 is 2.90 bits per heavy atom. The highest BCUT2D eigenvalue weighted by molar-refractivity contribution is 7.19. The number of hydrogen-bond donors (Lipinski definition) is 1. The molecule has 0 saturated carbocycles. The maximum absolute atomic E-state index is 11.8. The number of thiazole rings is 1. The first-order valence-corrected chi connectivity index (χ1v) is 8.05. The maximum atomic E-state index is 11.8. The van der Waals surface area contributed by atoms with Crippen LogP contribution in [0.4, 0.5) is 5.13 Å². The van der Waals surface area contributed by atoms with Crippen molar-refractivity contribution in [3.05, 3.63) is 40.4 Å². The average Bonchev–Trinajstić information content (AvgIpc) is 3.10. The van der Waals surface area contributed by atoms with Crippen molar-refractivity contribution in [1.82, 2.24) is 15.2 Å². The molecule has 0 fully saturated rings. The first-order valence-electron chi connectivity index (χ1n) is 6.41. The van der Waals surface area contributed by atoms with Gasteiger partial charge in [-0.15, -0.1) is 21.5 Å². The number of aryl methyl sites for hydroxylation is 1. The normalized spacial score (nSPS) is 11.3. The third kappa shape index (κ3) is 3.32. The Balaban J connectivity index is 1.68. The summed E-state index contributed by atoms with van der Waals surface area (Å²) in [7, 11) is 0. The Morgan fingerprint density at radius 2 is 2.14 bits per heavy atom. The number of anilines is 1. The van der Waals surface area contributed by atoms with Gasteiger partial charge in [-0.3, -0.25) is 10.1 Å². The zero-order chi connectivity index (χ0) is 14.7. The van der Waals surface area contributed by atoms with Gasteiger partial charge in [-0.05, 0) is 24.6 Å². The van der Waals surface area contributed by atoms with E-state index in [2.05, 4.69) is 20.5 Å². The van der Waals surface area contributed by atoms with Crippen LogP contribution in [0, 0.1) is 0 Å². The van der Waals surface area contributed by atoms with Crippen LogP contribution in [0.5, 0.6) is 0 Å². The molecule has 1 N–H and O–H groups in total. The summed E-state index contributed by atoms with van der Waals surface area (Å²) in [5.41, 5.74) is 0.944. The van der Waals surface area contributed by atoms with Gasteiger partial charge >= 0.3 is 0 Å². The minimum Gasteiger partial charge on any atom is -0.297 e. The van der Waals surface area contributed by atoms with Crippen molar-refractivity contribution in [2.45, 2.75) is 13.3 Å². The molecule has 0 bridgehead atoms. The molecule has 5 nitrogen and oxygen atoms in total. The minimum absolute atomic E-state index is 0.229. The van der Waals surface area contributed by atoms with Gasteiger partial charge in [-0.1, -0.05) is 30.4 Å².